The maximum Gasteiger partial charge on any atom is 0.225 e. The molecule has 4 rings (SSSR count). The number of hydrogen-bond acceptors (Lipinski definition) is 7. The van der Waals surface area contributed by atoms with E-state index in [9.17, 15) is 4.39 Å². The van der Waals surface area contributed by atoms with Crippen LogP contribution >= 0.6 is 12.2 Å². The lowest BCUT2D eigenvalue weighted by Crippen LogP contribution is -2.35. The average molecular weight is 486 g/mol. The largest absolute Gasteiger partial charge is 0.493 e. The van der Waals surface area contributed by atoms with Gasteiger partial charge in [0.15, 0.2) is 0 Å². The molecule has 1 aromatic heterocycles. The molecule has 1 saturated heterocycles. The predicted molar refractivity (Wildman–Crippen MR) is 135 cm³/mol. The molecular formula is C25H32FN5O2S. The molecule has 0 amide bonds. The molecule has 2 fully saturated rings. The third kappa shape index (κ3) is 6.48. The molecule has 2 atom stereocenters. The molecule has 9 heteroatoms. The molecule has 0 spiro atoms. The molecule has 7 nitrogen and oxygen atoms in total. The van der Waals surface area contributed by atoms with E-state index < -0.39 is 0 Å². The number of benzene rings is 1. The van der Waals surface area contributed by atoms with Crippen molar-refractivity contribution >= 4 is 29.9 Å². The SMILES string of the molecule is C=NNC(=S)Cc1ccc(OCC[C@@H]2C[C@@H]2C2CCN(c3ncc(COC)cn3)CC2)cc1F. The van der Waals surface area contributed by atoms with Gasteiger partial charge >= 0.3 is 0 Å². The van der Waals surface area contributed by atoms with E-state index in [1.54, 1.807) is 19.2 Å². The minimum atomic E-state index is -0.320. The summed E-state index contributed by atoms with van der Waals surface area (Å²) in [5.41, 5.74) is 4.08. The molecule has 34 heavy (non-hydrogen) atoms. The molecule has 0 bridgehead atoms. The molecule has 2 aromatic rings. The van der Waals surface area contributed by atoms with E-state index in [-0.39, 0.29) is 12.2 Å². The molecule has 2 aliphatic rings. The summed E-state index contributed by atoms with van der Waals surface area (Å²) in [5, 5.41) is 3.51. The van der Waals surface area contributed by atoms with Gasteiger partial charge in [0, 0.05) is 57.4 Å². The van der Waals surface area contributed by atoms with Crippen LogP contribution in [0.15, 0.2) is 35.7 Å². The highest BCUT2D eigenvalue weighted by Gasteiger charge is 2.43. The minimum Gasteiger partial charge on any atom is -0.493 e. The second-order valence-corrected chi connectivity index (χ2v) is 9.56. The van der Waals surface area contributed by atoms with Crippen LogP contribution in [0, 0.1) is 23.6 Å². The van der Waals surface area contributed by atoms with Gasteiger partial charge in [0.1, 0.15) is 16.6 Å². The van der Waals surface area contributed by atoms with Gasteiger partial charge < -0.3 is 14.4 Å². The number of nitrogens with zero attached hydrogens (tertiary/aromatic N) is 4. The van der Waals surface area contributed by atoms with Gasteiger partial charge in [-0.05, 0) is 55.1 Å². The van der Waals surface area contributed by atoms with Crippen LogP contribution in [0.2, 0.25) is 0 Å². The first kappa shape index (κ1) is 24.5. The van der Waals surface area contributed by atoms with Crippen LogP contribution in [0.25, 0.3) is 0 Å². The quantitative estimate of drug-likeness (QED) is 0.291. The molecule has 1 aromatic carbocycles. The summed E-state index contributed by atoms with van der Waals surface area (Å²) in [7, 11) is 1.67. The first-order chi connectivity index (χ1) is 16.6. The van der Waals surface area contributed by atoms with Crippen LogP contribution in [0.1, 0.15) is 36.8 Å². The summed E-state index contributed by atoms with van der Waals surface area (Å²) in [6, 6.07) is 4.94. The Morgan fingerprint density at radius 3 is 2.74 bits per heavy atom. The first-order valence-electron chi connectivity index (χ1n) is 11.8. The molecule has 0 unspecified atom stereocenters. The van der Waals surface area contributed by atoms with Gasteiger partial charge in [-0.25, -0.2) is 14.4 Å². The zero-order valence-corrected chi connectivity index (χ0v) is 20.4. The summed E-state index contributed by atoms with van der Waals surface area (Å²) < 4.78 is 25.3. The van der Waals surface area contributed by atoms with E-state index in [1.807, 2.05) is 12.4 Å². The van der Waals surface area contributed by atoms with Crippen LogP contribution in [-0.4, -0.2) is 48.5 Å². The van der Waals surface area contributed by atoms with Crippen LogP contribution in [0.4, 0.5) is 10.3 Å². The monoisotopic (exact) mass is 485 g/mol. The summed E-state index contributed by atoms with van der Waals surface area (Å²) in [4.78, 5) is 11.7. The number of anilines is 1. The second-order valence-electron chi connectivity index (χ2n) is 9.07. The van der Waals surface area contributed by atoms with Crippen molar-refractivity contribution < 1.29 is 13.9 Å². The molecule has 2 heterocycles. The van der Waals surface area contributed by atoms with Crippen LogP contribution in [0.5, 0.6) is 5.75 Å². The zero-order valence-electron chi connectivity index (χ0n) is 19.6. The molecular weight excluding hydrogens is 453 g/mol. The van der Waals surface area contributed by atoms with Gasteiger partial charge in [-0.3, -0.25) is 5.43 Å². The number of ether oxygens (including phenoxy) is 2. The Morgan fingerprint density at radius 1 is 1.29 bits per heavy atom. The fourth-order valence-corrected chi connectivity index (χ4v) is 5.07. The second kappa shape index (κ2) is 11.7. The Bertz CT molecular complexity index is 982. The lowest BCUT2D eigenvalue weighted by atomic mass is 9.90. The Morgan fingerprint density at radius 2 is 2.06 bits per heavy atom. The minimum absolute atomic E-state index is 0.286. The van der Waals surface area contributed by atoms with Gasteiger partial charge in [0.2, 0.25) is 5.95 Å². The fraction of sp³-hybridized carbons (Fsp3) is 0.520. The van der Waals surface area contributed by atoms with Crippen molar-refractivity contribution in [1.29, 1.82) is 0 Å². The van der Waals surface area contributed by atoms with Gasteiger partial charge in [-0.2, -0.15) is 5.10 Å². The van der Waals surface area contributed by atoms with Crippen LogP contribution in [0.3, 0.4) is 0 Å². The number of hydrazone groups is 1. The topological polar surface area (TPSA) is 71.9 Å². The maximum atomic E-state index is 14.3. The number of aromatic nitrogens is 2. The summed E-state index contributed by atoms with van der Waals surface area (Å²) >= 11 is 5.09. The normalized spacial score (nSPS) is 20.1. The summed E-state index contributed by atoms with van der Waals surface area (Å²) in [6.07, 6.45) is 8.62. The van der Waals surface area contributed by atoms with E-state index in [4.69, 9.17) is 21.7 Å². The molecule has 1 saturated carbocycles. The summed E-state index contributed by atoms with van der Waals surface area (Å²) in [5.74, 6) is 3.30. The average Bonchev–Trinajstić information content (AvgIpc) is 3.61. The van der Waals surface area contributed by atoms with Crippen molar-refractivity contribution in [2.75, 3.05) is 31.7 Å². The Kier molecular flexibility index (Phi) is 8.39. The number of methoxy groups -OCH3 is 1. The lowest BCUT2D eigenvalue weighted by molar-refractivity contribution is 0.184. The van der Waals surface area contributed by atoms with Crippen molar-refractivity contribution in [2.24, 2.45) is 22.9 Å². The number of rotatable bonds is 11. The maximum absolute atomic E-state index is 14.3. The van der Waals surface area contributed by atoms with E-state index in [0.29, 0.717) is 35.4 Å². The van der Waals surface area contributed by atoms with Gasteiger partial charge in [0.25, 0.3) is 0 Å². The van der Waals surface area contributed by atoms with Crippen LogP contribution in [-0.2, 0) is 17.8 Å². The smallest absolute Gasteiger partial charge is 0.225 e. The fourth-order valence-electron chi connectivity index (χ4n) is 4.85. The number of nitrogens with one attached hydrogen (secondary N) is 1. The predicted octanol–water partition coefficient (Wildman–Crippen LogP) is 4.16. The highest BCUT2D eigenvalue weighted by molar-refractivity contribution is 7.80. The third-order valence-electron chi connectivity index (χ3n) is 6.74. The molecule has 1 aliphatic carbocycles. The Hall–Kier alpha value is -2.65. The van der Waals surface area contributed by atoms with E-state index in [1.165, 1.54) is 25.3 Å². The van der Waals surface area contributed by atoms with Gasteiger partial charge in [-0.1, -0.05) is 18.3 Å². The Balaban J connectivity index is 1.16. The van der Waals surface area contributed by atoms with Crippen LogP contribution < -0.4 is 15.1 Å². The third-order valence-corrected chi connectivity index (χ3v) is 6.98. The number of hydrogen-bond donors (Lipinski definition) is 1. The summed E-state index contributed by atoms with van der Waals surface area (Å²) in [6.45, 7) is 6.47. The number of piperidine rings is 1. The number of thiocarbonyl (C=S) groups is 1. The Labute approximate surface area is 205 Å². The lowest BCUT2D eigenvalue weighted by Gasteiger charge is -2.32. The highest BCUT2D eigenvalue weighted by atomic mass is 32.1. The molecule has 1 aliphatic heterocycles. The van der Waals surface area contributed by atoms with Crippen molar-refractivity contribution in [3.05, 3.63) is 47.5 Å². The number of halogens is 1. The van der Waals surface area contributed by atoms with Crippen molar-refractivity contribution in [1.82, 2.24) is 15.4 Å². The van der Waals surface area contributed by atoms with E-state index in [2.05, 4.69) is 32.1 Å². The zero-order chi connectivity index (χ0) is 23.9. The highest BCUT2D eigenvalue weighted by Crippen LogP contribution is 2.49. The van der Waals surface area contributed by atoms with Gasteiger partial charge in [0.05, 0.1) is 13.2 Å². The molecule has 1 N–H and O–H groups in total. The van der Waals surface area contributed by atoms with E-state index in [0.717, 1.165) is 42.9 Å². The van der Waals surface area contributed by atoms with Gasteiger partial charge in [-0.15, -0.1) is 0 Å². The molecule has 182 valence electrons. The van der Waals surface area contributed by atoms with Crippen molar-refractivity contribution in [2.45, 2.75) is 38.7 Å². The van der Waals surface area contributed by atoms with Crippen molar-refractivity contribution in [3.8, 4) is 5.75 Å². The van der Waals surface area contributed by atoms with Crippen molar-refractivity contribution in [3.63, 3.8) is 0 Å². The molecule has 0 radical (unpaired) electrons. The first-order valence-corrected chi connectivity index (χ1v) is 12.2. The standard InChI is InChI=1S/C25H32FN5O2S/c1-27-30-24(34)12-20-3-4-21(13-23(20)26)33-10-7-19-11-22(19)18-5-8-31(9-6-18)25-28-14-17(15-29-25)16-32-2/h3-4,13-15,18-19,22H,1,5-12,16H2,2H3,(H,30,34)/t19-,22-/m1/s1. The van der Waals surface area contributed by atoms with E-state index >= 15 is 0 Å².